The van der Waals surface area contributed by atoms with Crippen molar-refractivity contribution in [3.8, 4) is 5.75 Å². The van der Waals surface area contributed by atoms with Crippen molar-refractivity contribution < 1.29 is 14.1 Å². The number of aromatic nitrogens is 1. The highest BCUT2D eigenvalue weighted by Crippen LogP contribution is 2.36. The van der Waals surface area contributed by atoms with Crippen molar-refractivity contribution in [2.45, 2.75) is 13.8 Å². The fraction of sp³-hybridized carbons (Fsp3) is 0.231. The van der Waals surface area contributed by atoms with E-state index < -0.39 is 0 Å². The van der Waals surface area contributed by atoms with Gasteiger partial charge >= 0.3 is 0 Å². The molecule has 106 valence electrons. The van der Waals surface area contributed by atoms with Gasteiger partial charge in [0, 0.05) is 5.02 Å². The lowest BCUT2D eigenvalue weighted by Gasteiger charge is -2.12. The van der Waals surface area contributed by atoms with E-state index in [1.807, 2.05) is 0 Å². The van der Waals surface area contributed by atoms with Gasteiger partial charge in [-0.05, 0) is 41.9 Å². The number of amides is 1. The zero-order valence-corrected chi connectivity index (χ0v) is 13.4. The van der Waals surface area contributed by atoms with Crippen molar-refractivity contribution in [1.29, 1.82) is 0 Å². The third-order valence-corrected chi connectivity index (χ3v) is 3.53. The van der Waals surface area contributed by atoms with Gasteiger partial charge < -0.3 is 14.6 Å². The molecule has 0 aliphatic rings. The number of benzene rings is 1. The van der Waals surface area contributed by atoms with Crippen molar-refractivity contribution in [2.24, 2.45) is 0 Å². The Labute approximate surface area is 129 Å². The maximum Gasteiger partial charge on any atom is 0.261 e. The van der Waals surface area contributed by atoms with Gasteiger partial charge in [-0.25, -0.2) is 0 Å². The molecule has 1 aromatic heterocycles. The third kappa shape index (κ3) is 2.81. The number of nitrogens with one attached hydrogen (secondary N) is 1. The van der Waals surface area contributed by atoms with E-state index in [9.17, 15) is 4.79 Å². The van der Waals surface area contributed by atoms with Gasteiger partial charge in [-0.2, -0.15) is 0 Å². The predicted molar refractivity (Wildman–Crippen MR) is 79.6 cm³/mol. The molecule has 2 rings (SSSR count). The van der Waals surface area contributed by atoms with E-state index >= 15 is 0 Å². The number of anilines is 1. The van der Waals surface area contributed by atoms with Crippen LogP contribution in [0.2, 0.25) is 5.02 Å². The third-order valence-electron chi connectivity index (χ3n) is 2.72. The summed E-state index contributed by atoms with van der Waals surface area (Å²) in [6.45, 7) is 3.39. The zero-order valence-electron chi connectivity index (χ0n) is 11.1. The monoisotopic (exact) mass is 358 g/mol. The SMILES string of the molecule is COc1c(Br)cc(Cl)cc1NC(=O)c1c(C)noc1C. The lowest BCUT2D eigenvalue weighted by molar-refractivity contribution is 0.102. The topological polar surface area (TPSA) is 64.4 Å². The van der Waals surface area contributed by atoms with Crippen LogP contribution in [-0.4, -0.2) is 18.2 Å². The molecule has 7 heteroatoms. The minimum atomic E-state index is -0.325. The molecule has 20 heavy (non-hydrogen) atoms. The van der Waals surface area contributed by atoms with Gasteiger partial charge in [0.05, 0.1) is 23.0 Å². The summed E-state index contributed by atoms with van der Waals surface area (Å²) in [5.41, 5.74) is 1.40. The number of methoxy groups -OCH3 is 1. The second kappa shape index (κ2) is 5.85. The molecule has 1 aromatic carbocycles. The predicted octanol–water partition coefficient (Wildman–Crippen LogP) is 3.97. The van der Waals surface area contributed by atoms with Crippen LogP contribution < -0.4 is 10.1 Å². The van der Waals surface area contributed by atoms with Gasteiger partial charge in [0.2, 0.25) is 0 Å². The Kier molecular flexibility index (Phi) is 4.35. The molecule has 5 nitrogen and oxygen atoms in total. The molecule has 0 fully saturated rings. The molecular formula is C13H12BrClN2O3. The summed E-state index contributed by atoms with van der Waals surface area (Å²) in [7, 11) is 1.51. The second-order valence-electron chi connectivity index (χ2n) is 4.12. The summed E-state index contributed by atoms with van der Waals surface area (Å²) >= 11 is 9.32. The maximum atomic E-state index is 12.3. The smallest absolute Gasteiger partial charge is 0.261 e. The molecule has 0 saturated carbocycles. The molecule has 1 heterocycles. The highest BCUT2D eigenvalue weighted by atomic mass is 79.9. The highest BCUT2D eigenvalue weighted by molar-refractivity contribution is 9.10. The van der Waals surface area contributed by atoms with Gasteiger partial charge in [0.25, 0.3) is 5.91 Å². The minimum absolute atomic E-state index is 0.325. The van der Waals surface area contributed by atoms with Crippen LogP contribution >= 0.6 is 27.5 Å². The number of hydrogen-bond donors (Lipinski definition) is 1. The molecule has 1 N–H and O–H groups in total. The van der Waals surface area contributed by atoms with Crippen LogP contribution in [0.15, 0.2) is 21.1 Å². The van der Waals surface area contributed by atoms with Crippen LogP contribution in [0.3, 0.4) is 0 Å². The molecule has 0 unspecified atom stereocenters. The summed E-state index contributed by atoms with van der Waals surface area (Å²) in [6, 6.07) is 3.30. The van der Waals surface area contributed by atoms with Crippen molar-refractivity contribution in [2.75, 3.05) is 12.4 Å². The molecule has 1 amide bonds. The Bertz CT molecular complexity index is 650. The van der Waals surface area contributed by atoms with E-state index in [2.05, 4.69) is 26.4 Å². The number of nitrogens with zero attached hydrogens (tertiary/aromatic N) is 1. The second-order valence-corrected chi connectivity index (χ2v) is 5.41. The lowest BCUT2D eigenvalue weighted by atomic mass is 10.2. The largest absolute Gasteiger partial charge is 0.493 e. The van der Waals surface area contributed by atoms with Crippen LogP contribution in [0.5, 0.6) is 5.75 Å². The minimum Gasteiger partial charge on any atom is -0.493 e. The Morgan fingerprint density at radius 3 is 2.70 bits per heavy atom. The number of aryl methyl sites for hydroxylation is 2. The summed E-state index contributed by atoms with van der Waals surface area (Å²) in [5.74, 6) is 0.628. The molecule has 0 atom stereocenters. The standard InChI is InChI=1S/C13H12BrClN2O3/c1-6-11(7(2)20-17-6)13(18)16-10-5-8(15)4-9(14)12(10)19-3/h4-5H,1-3H3,(H,16,18). The summed E-state index contributed by atoms with van der Waals surface area (Å²) < 4.78 is 10.9. The average Bonchev–Trinajstić information content (AvgIpc) is 2.68. The Morgan fingerprint density at radius 1 is 1.45 bits per heavy atom. The Morgan fingerprint density at radius 2 is 2.15 bits per heavy atom. The summed E-state index contributed by atoms with van der Waals surface area (Å²) in [5, 5.41) is 6.98. The van der Waals surface area contributed by atoms with Crippen LogP contribution in [0.1, 0.15) is 21.8 Å². The Hall–Kier alpha value is -1.53. The van der Waals surface area contributed by atoms with Crippen LogP contribution in [0.25, 0.3) is 0 Å². The van der Waals surface area contributed by atoms with E-state index in [1.165, 1.54) is 7.11 Å². The average molecular weight is 360 g/mol. The maximum absolute atomic E-state index is 12.3. The first-order chi connectivity index (χ1) is 9.43. The first-order valence-electron chi connectivity index (χ1n) is 5.71. The van der Waals surface area contributed by atoms with Crippen LogP contribution in [0, 0.1) is 13.8 Å². The number of rotatable bonds is 3. The fourth-order valence-corrected chi connectivity index (χ4v) is 2.82. The van der Waals surface area contributed by atoms with Crippen LogP contribution in [-0.2, 0) is 0 Å². The number of carbonyl (C=O) groups excluding carboxylic acids is 1. The van der Waals surface area contributed by atoms with Crippen molar-refractivity contribution >= 4 is 39.1 Å². The van der Waals surface area contributed by atoms with E-state index in [-0.39, 0.29) is 5.91 Å². The zero-order chi connectivity index (χ0) is 14.9. The molecule has 0 aliphatic carbocycles. The van der Waals surface area contributed by atoms with Gasteiger partial charge in [-0.3, -0.25) is 4.79 Å². The van der Waals surface area contributed by atoms with E-state index in [4.69, 9.17) is 20.9 Å². The van der Waals surface area contributed by atoms with Crippen molar-refractivity contribution in [3.05, 3.63) is 38.6 Å². The van der Waals surface area contributed by atoms with Crippen molar-refractivity contribution in [3.63, 3.8) is 0 Å². The van der Waals surface area contributed by atoms with Gasteiger partial charge in [0.1, 0.15) is 11.3 Å². The number of halogens is 2. The van der Waals surface area contributed by atoms with E-state index in [1.54, 1.807) is 26.0 Å². The lowest BCUT2D eigenvalue weighted by Crippen LogP contribution is -2.14. The van der Waals surface area contributed by atoms with Gasteiger partial charge in [-0.15, -0.1) is 0 Å². The van der Waals surface area contributed by atoms with E-state index in [0.29, 0.717) is 37.9 Å². The first kappa shape index (κ1) is 14.9. The molecule has 0 saturated heterocycles. The summed E-state index contributed by atoms with van der Waals surface area (Å²) in [4.78, 5) is 12.3. The summed E-state index contributed by atoms with van der Waals surface area (Å²) in [6.07, 6.45) is 0. The molecule has 0 bridgehead atoms. The van der Waals surface area contributed by atoms with Crippen LogP contribution in [0.4, 0.5) is 5.69 Å². The number of hydrogen-bond acceptors (Lipinski definition) is 4. The molecule has 0 radical (unpaired) electrons. The fourth-order valence-electron chi connectivity index (χ4n) is 1.85. The molecule has 0 spiro atoms. The normalized spacial score (nSPS) is 10.4. The van der Waals surface area contributed by atoms with Crippen molar-refractivity contribution in [1.82, 2.24) is 5.16 Å². The van der Waals surface area contributed by atoms with Gasteiger partial charge in [0.15, 0.2) is 5.75 Å². The van der Waals surface area contributed by atoms with E-state index in [0.717, 1.165) is 0 Å². The Balaban J connectivity index is 2.38. The number of carbonyl (C=O) groups is 1. The quantitative estimate of drug-likeness (QED) is 0.900. The highest BCUT2D eigenvalue weighted by Gasteiger charge is 2.20. The number of ether oxygens (including phenoxy) is 1. The first-order valence-corrected chi connectivity index (χ1v) is 6.88. The molecule has 0 aliphatic heterocycles. The molecular weight excluding hydrogens is 348 g/mol. The molecule has 2 aromatic rings. The van der Waals surface area contributed by atoms with Gasteiger partial charge in [-0.1, -0.05) is 16.8 Å².